The molecule has 0 bridgehead atoms. The molecular weight excluding hydrogens is 262 g/mol. The third-order valence-electron chi connectivity index (χ3n) is 3.80. The van der Waals surface area contributed by atoms with Gasteiger partial charge in [-0.05, 0) is 25.3 Å². The Hall–Kier alpha value is -1.07. The molecule has 0 aliphatic heterocycles. The third-order valence-corrected chi connectivity index (χ3v) is 5.44. The highest BCUT2D eigenvalue weighted by Crippen LogP contribution is 2.24. The minimum atomic E-state index is -2.94. The van der Waals surface area contributed by atoms with Crippen molar-refractivity contribution in [2.24, 2.45) is 0 Å². The van der Waals surface area contributed by atoms with E-state index in [0.717, 1.165) is 24.8 Å². The number of benzene rings is 1. The first-order valence-corrected chi connectivity index (χ1v) is 8.61. The zero-order chi connectivity index (χ0) is 13.9. The molecule has 1 fully saturated rings. The second kappa shape index (κ2) is 5.92. The van der Waals surface area contributed by atoms with Gasteiger partial charge in [0.2, 0.25) is 0 Å². The summed E-state index contributed by atoms with van der Waals surface area (Å²) >= 11 is 0. The SMILES string of the molecule is CS(=O)(=O)C1CCCC(NCc2ccccc2O)C1. The Morgan fingerprint density at radius 1 is 1.32 bits per heavy atom. The van der Waals surface area contributed by atoms with E-state index in [1.165, 1.54) is 6.26 Å². The number of sulfone groups is 1. The number of rotatable bonds is 4. The maximum absolute atomic E-state index is 11.6. The molecule has 4 nitrogen and oxygen atoms in total. The summed E-state index contributed by atoms with van der Waals surface area (Å²) < 4.78 is 23.2. The molecule has 2 unspecified atom stereocenters. The van der Waals surface area contributed by atoms with Gasteiger partial charge >= 0.3 is 0 Å². The molecule has 1 aliphatic carbocycles. The van der Waals surface area contributed by atoms with Crippen molar-refractivity contribution in [2.75, 3.05) is 6.26 Å². The fourth-order valence-corrected chi connectivity index (χ4v) is 3.81. The quantitative estimate of drug-likeness (QED) is 0.885. The van der Waals surface area contributed by atoms with Crippen molar-refractivity contribution in [3.05, 3.63) is 29.8 Å². The van der Waals surface area contributed by atoms with Gasteiger partial charge in [0.05, 0.1) is 5.25 Å². The molecule has 106 valence electrons. The molecule has 1 aromatic rings. The van der Waals surface area contributed by atoms with Gasteiger partial charge in [-0.15, -0.1) is 0 Å². The van der Waals surface area contributed by atoms with E-state index in [2.05, 4.69) is 5.32 Å². The monoisotopic (exact) mass is 283 g/mol. The second-order valence-corrected chi connectivity index (χ2v) is 7.65. The highest BCUT2D eigenvalue weighted by molar-refractivity contribution is 7.91. The summed E-state index contributed by atoms with van der Waals surface area (Å²) in [5.41, 5.74) is 0.851. The van der Waals surface area contributed by atoms with Crippen molar-refractivity contribution >= 4 is 9.84 Å². The van der Waals surface area contributed by atoms with Crippen LogP contribution in [0.25, 0.3) is 0 Å². The molecule has 2 atom stereocenters. The van der Waals surface area contributed by atoms with Crippen LogP contribution in [0, 0.1) is 0 Å². The predicted molar refractivity (Wildman–Crippen MR) is 75.8 cm³/mol. The average Bonchev–Trinajstić information content (AvgIpc) is 2.37. The molecule has 0 aromatic heterocycles. The van der Waals surface area contributed by atoms with Crippen molar-refractivity contribution in [1.82, 2.24) is 5.32 Å². The maximum Gasteiger partial charge on any atom is 0.150 e. The fraction of sp³-hybridized carbons (Fsp3) is 0.571. The van der Waals surface area contributed by atoms with E-state index in [4.69, 9.17) is 0 Å². The molecule has 5 heteroatoms. The Morgan fingerprint density at radius 3 is 2.74 bits per heavy atom. The molecule has 0 saturated heterocycles. The lowest BCUT2D eigenvalue weighted by molar-refractivity contribution is 0.367. The molecule has 2 rings (SSSR count). The first-order chi connectivity index (χ1) is 8.97. The Kier molecular flexibility index (Phi) is 4.47. The number of phenolic OH excluding ortho intramolecular Hbond substituents is 1. The molecular formula is C14H21NO3S. The number of nitrogens with one attached hydrogen (secondary N) is 1. The lowest BCUT2D eigenvalue weighted by Gasteiger charge is -2.28. The summed E-state index contributed by atoms with van der Waals surface area (Å²) in [6, 6.07) is 7.43. The minimum absolute atomic E-state index is 0.216. The molecule has 0 radical (unpaired) electrons. The zero-order valence-electron chi connectivity index (χ0n) is 11.2. The van der Waals surface area contributed by atoms with Crippen molar-refractivity contribution < 1.29 is 13.5 Å². The van der Waals surface area contributed by atoms with Crippen LogP contribution in [-0.2, 0) is 16.4 Å². The Balaban J connectivity index is 1.92. The summed E-state index contributed by atoms with van der Waals surface area (Å²) in [4.78, 5) is 0. The zero-order valence-corrected chi connectivity index (χ0v) is 12.0. The summed E-state index contributed by atoms with van der Waals surface area (Å²) in [7, 11) is -2.94. The van der Waals surface area contributed by atoms with E-state index in [0.29, 0.717) is 13.0 Å². The number of phenols is 1. The summed E-state index contributed by atoms with van der Waals surface area (Å²) in [6.07, 6.45) is 4.71. The standard InChI is InChI=1S/C14H21NO3S/c1-19(17,18)13-7-4-6-12(9-13)15-10-11-5-2-3-8-14(11)16/h2-3,5,8,12-13,15-16H,4,6-7,9-10H2,1H3. The number of para-hydroxylation sites is 1. The van der Waals surface area contributed by atoms with Gasteiger partial charge in [-0.1, -0.05) is 24.6 Å². The summed E-state index contributed by atoms with van der Waals surface area (Å²) in [6.45, 7) is 0.577. The van der Waals surface area contributed by atoms with Crippen LogP contribution in [0.1, 0.15) is 31.2 Å². The topological polar surface area (TPSA) is 66.4 Å². The Bertz CT molecular complexity index is 527. The Labute approximate surface area is 114 Å². The van der Waals surface area contributed by atoms with Crippen LogP contribution in [0.2, 0.25) is 0 Å². The van der Waals surface area contributed by atoms with Crippen LogP contribution in [0.3, 0.4) is 0 Å². The first kappa shape index (κ1) is 14.3. The largest absolute Gasteiger partial charge is 0.508 e. The summed E-state index contributed by atoms with van der Waals surface area (Å²) in [5, 5.41) is 12.8. The highest BCUT2D eigenvalue weighted by atomic mass is 32.2. The number of aromatic hydroxyl groups is 1. The van der Waals surface area contributed by atoms with Crippen molar-refractivity contribution in [3.8, 4) is 5.75 Å². The van der Waals surface area contributed by atoms with Crippen LogP contribution < -0.4 is 5.32 Å². The van der Waals surface area contributed by atoms with Gasteiger partial charge < -0.3 is 10.4 Å². The highest BCUT2D eigenvalue weighted by Gasteiger charge is 2.28. The van der Waals surface area contributed by atoms with Crippen LogP contribution in [0.15, 0.2) is 24.3 Å². The van der Waals surface area contributed by atoms with Gasteiger partial charge in [-0.25, -0.2) is 8.42 Å². The van der Waals surface area contributed by atoms with E-state index in [1.807, 2.05) is 12.1 Å². The van der Waals surface area contributed by atoms with E-state index in [9.17, 15) is 13.5 Å². The van der Waals surface area contributed by atoms with Gasteiger partial charge in [0.1, 0.15) is 15.6 Å². The summed E-state index contributed by atoms with van der Waals surface area (Å²) in [5.74, 6) is 0.283. The minimum Gasteiger partial charge on any atom is -0.508 e. The van der Waals surface area contributed by atoms with E-state index in [-0.39, 0.29) is 17.0 Å². The maximum atomic E-state index is 11.6. The van der Waals surface area contributed by atoms with Crippen LogP contribution in [-0.4, -0.2) is 31.1 Å². The van der Waals surface area contributed by atoms with Crippen molar-refractivity contribution in [3.63, 3.8) is 0 Å². The van der Waals surface area contributed by atoms with Crippen molar-refractivity contribution in [1.29, 1.82) is 0 Å². The normalized spacial score (nSPS) is 24.3. The number of hydrogen-bond acceptors (Lipinski definition) is 4. The van der Waals surface area contributed by atoms with E-state index >= 15 is 0 Å². The predicted octanol–water partition coefficient (Wildman–Crippen LogP) is 1.84. The Morgan fingerprint density at radius 2 is 2.05 bits per heavy atom. The molecule has 0 amide bonds. The van der Waals surface area contributed by atoms with Crippen LogP contribution in [0.4, 0.5) is 0 Å². The lowest BCUT2D eigenvalue weighted by atomic mass is 9.95. The second-order valence-electron chi connectivity index (χ2n) is 5.32. The third kappa shape index (κ3) is 3.94. The molecule has 0 heterocycles. The van der Waals surface area contributed by atoms with Gasteiger partial charge in [0.15, 0.2) is 0 Å². The first-order valence-electron chi connectivity index (χ1n) is 6.66. The van der Waals surface area contributed by atoms with Crippen LogP contribution in [0.5, 0.6) is 5.75 Å². The molecule has 0 spiro atoms. The molecule has 1 aromatic carbocycles. The van der Waals surface area contributed by atoms with Gasteiger partial charge in [0, 0.05) is 24.4 Å². The molecule has 19 heavy (non-hydrogen) atoms. The average molecular weight is 283 g/mol. The smallest absolute Gasteiger partial charge is 0.150 e. The number of hydrogen-bond donors (Lipinski definition) is 2. The lowest BCUT2D eigenvalue weighted by Crippen LogP contribution is -2.38. The van der Waals surface area contributed by atoms with E-state index < -0.39 is 9.84 Å². The van der Waals surface area contributed by atoms with Gasteiger partial charge in [-0.3, -0.25) is 0 Å². The molecule has 2 N–H and O–H groups in total. The molecule has 1 aliphatic rings. The van der Waals surface area contributed by atoms with Gasteiger partial charge in [0.25, 0.3) is 0 Å². The molecule has 1 saturated carbocycles. The fourth-order valence-electron chi connectivity index (χ4n) is 2.63. The van der Waals surface area contributed by atoms with Gasteiger partial charge in [-0.2, -0.15) is 0 Å². The van der Waals surface area contributed by atoms with E-state index in [1.54, 1.807) is 12.1 Å². The van der Waals surface area contributed by atoms with Crippen LogP contribution >= 0.6 is 0 Å². The van der Waals surface area contributed by atoms with Crippen molar-refractivity contribution in [2.45, 2.75) is 43.5 Å².